The minimum Gasteiger partial charge on any atom is -0.478 e. The molecular formula is C54H61ClF3N6O7PS2. The van der Waals surface area contributed by atoms with Crippen LogP contribution in [0, 0.1) is 6.92 Å². The molecule has 3 N–H and O–H groups in total. The number of aromatic carboxylic acids is 1. The number of carboxylic acid groups (broad SMARTS) is 1. The van der Waals surface area contributed by atoms with E-state index in [1.54, 1.807) is 17.8 Å². The summed E-state index contributed by atoms with van der Waals surface area (Å²) in [7, 11) is -6.10. The van der Waals surface area contributed by atoms with Gasteiger partial charge in [0.05, 0.1) is 41.7 Å². The summed E-state index contributed by atoms with van der Waals surface area (Å²) in [5.41, 5.74) is 1.02. The van der Waals surface area contributed by atoms with Crippen molar-refractivity contribution in [3.63, 3.8) is 0 Å². The molecule has 394 valence electrons. The van der Waals surface area contributed by atoms with Crippen molar-refractivity contribution in [3.05, 3.63) is 138 Å². The third-order valence-electron chi connectivity index (χ3n) is 13.3. The normalized spacial score (nSPS) is 15.3. The first-order chi connectivity index (χ1) is 35.5. The zero-order chi connectivity index (χ0) is 52.6. The summed E-state index contributed by atoms with van der Waals surface area (Å²) < 4.78 is 79.4. The summed E-state index contributed by atoms with van der Waals surface area (Å²) in [4.78, 5) is 24.3. The minimum absolute atomic E-state index is 0.0119. The van der Waals surface area contributed by atoms with Crippen LogP contribution in [0.3, 0.4) is 0 Å². The quantitative estimate of drug-likeness (QED) is 0.0273. The van der Waals surface area contributed by atoms with Gasteiger partial charge in [0.15, 0.2) is 0 Å². The smallest absolute Gasteiger partial charge is 0.478 e. The zero-order valence-corrected chi connectivity index (χ0v) is 44.8. The number of carboxylic acids is 1. The van der Waals surface area contributed by atoms with E-state index in [1.165, 1.54) is 6.07 Å². The van der Waals surface area contributed by atoms with E-state index in [0.717, 1.165) is 52.2 Å². The van der Waals surface area contributed by atoms with Crippen molar-refractivity contribution < 1.29 is 46.4 Å². The second-order valence-corrected chi connectivity index (χ2v) is 23.2. The Morgan fingerprint density at radius 3 is 2.18 bits per heavy atom. The maximum absolute atomic E-state index is 14.4. The lowest BCUT2D eigenvalue weighted by molar-refractivity contribution is -0.239. The second kappa shape index (κ2) is 24.6. The molecule has 2 aliphatic rings. The largest absolute Gasteiger partial charge is 0.501 e. The molecule has 3 heterocycles. The van der Waals surface area contributed by atoms with Gasteiger partial charge >= 0.3 is 11.5 Å². The maximum Gasteiger partial charge on any atom is 0.501 e. The monoisotopic (exact) mass is 1090 g/mol. The average Bonchev–Trinajstić information content (AvgIpc) is 3.72. The topological polar surface area (TPSA) is 140 Å². The number of benzene rings is 5. The molecule has 0 radical (unpaired) electrons. The van der Waals surface area contributed by atoms with E-state index in [-0.39, 0.29) is 45.2 Å². The van der Waals surface area contributed by atoms with Crippen LogP contribution in [0.5, 0.6) is 0 Å². The van der Waals surface area contributed by atoms with Crippen molar-refractivity contribution in [1.29, 1.82) is 0 Å². The average molecular weight is 1090 g/mol. The summed E-state index contributed by atoms with van der Waals surface area (Å²) in [5.74, 6) is -0.514. The van der Waals surface area contributed by atoms with E-state index in [1.807, 2.05) is 123 Å². The number of nitrogens with zero attached hydrogens (tertiary/aromatic N) is 5. The Balaban J connectivity index is 0.986. The van der Waals surface area contributed by atoms with Crippen LogP contribution in [-0.2, 0) is 19.5 Å². The molecule has 2 aliphatic heterocycles. The molecule has 13 nitrogen and oxygen atoms in total. The lowest BCUT2D eigenvalue weighted by Crippen LogP contribution is -2.46. The number of aromatic nitrogens is 1. The van der Waals surface area contributed by atoms with Gasteiger partial charge in [0.25, 0.3) is 9.84 Å². The number of rotatable bonds is 21. The molecule has 0 spiro atoms. The highest BCUT2D eigenvalue weighted by Crippen LogP contribution is 2.43. The first-order valence-electron chi connectivity index (χ1n) is 24.5. The molecular weight excluding hydrogens is 1030 g/mol. The maximum atomic E-state index is 14.4. The van der Waals surface area contributed by atoms with Gasteiger partial charge in [-0.1, -0.05) is 60.1 Å². The summed E-state index contributed by atoms with van der Waals surface area (Å²) in [5, 5.41) is 24.1. The van der Waals surface area contributed by atoms with Gasteiger partial charge in [-0.3, -0.25) is 10.2 Å². The van der Waals surface area contributed by atoms with Crippen molar-refractivity contribution in [2.24, 2.45) is 0 Å². The Morgan fingerprint density at radius 1 is 0.865 bits per heavy atom. The number of morpholine rings is 1. The number of halogens is 4. The van der Waals surface area contributed by atoms with Crippen molar-refractivity contribution in [3.8, 4) is 22.4 Å². The first kappa shape index (κ1) is 54.9. The van der Waals surface area contributed by atoms with Crippen LogP contribution in [0.25, 0.3) is 22.4 Å². The molecule has 0 bridgehead atoms. The van der Waals surface area contributed by atoms with Gasteiger partial charge in [0.1, 0.15) is 0 Å². The highest BCUT2D eigenvalue weighted by molar-refractivity contribution is 7.99. The number of alkyl halides is 3. The highest BCUT2D eigenvalue weighted by Gasteiger charge is 2.48. The van der Waals surface area contributed by atoms with E-state index < -0.39 is 26.2 Å². The Morgan fingerprint density at radius 2 is 1.54 bits per heavy atom. The zero-order valence-electron chi connectivity index (χ0n) is 41.4. The molecule has 6 aromatic rings. The molecule has 2 atom stereocenters. The summed E-state index contributed by atoms with van der Waals surface area (Å²) in [6, 6.07) is 36.6. The fourth-order valence-electron chi connectivity index (χ4n) is 9.60. The Hall–Kier alpha value is -5.30. The molecule has 5 aromatic carbocycles. The number of thioether (sulfide) groups is 1. The predicted molar refractivity (Wildman–Crippen MR) is 293 cm³/mol. The number of hydrogen-bond donors (Lipinski definition) is 3. The van der Waals surface area contributed by atoms with Gasteiger partial charge in [-0.2, -0.15) is 13.2 Å². The third-order valence-corrected chi connectivity index (χ3v) is 17.6. The van der Waals surface area contributed by atoms with Crippen molar-refractivity contribution in [2.75, 3.05) is 97.7 Å². The molecule has 0 saturated carbocycles. The van der Waals surface area contributed by atoms with Gasteiger partial charge in [-0.15, -0.1) is 11.8 Å². The molecule has 74 heavy (non-hydrogen) atoms. The summed E-state index contributed by atoms with van der Waals surface area (Å²) in [6.07, 6.45) is 0.557. The second-order valence-electron chi connectivity index (χ2n) is 18.5. The van der Waals surface area contributed by atoms with Crippen molar-refractivity contribution >= 4 is 76.0 Å². The number of nitrogens with one attached hydrogen (secondary N) is 1. The van der Waals surface area contributed by atoms with Gasteiger partial charge in [-0.05, 0) is 116 Å². The fraction of sp³-hybridized carbons (Fsp3) is 0.352. The summed E-state index contributed by atoms with van der Waals surface area (Å²) in [6.45, 7) is 12.0. The Kier molecular flexibility index (Phi) is 18.2. The standard InChI is InChI=1S/C54H61ClF3N6O7PS2/c1-37(2)64-38(3)50(53(65)66)51(52(64)39-12-14-41(55)15-13-39)40-8-7-9-45(34-40)62-26-24-61(25-27-62)43-16-18-44(19-17-43)63(30-33-71-67)72-46-20-21-48(49(35-46)74(68,69)54(56,57)58)59-42(22-23-60-28-31-70-32-29-60)36-73-47-10-5-4-6-11-47/h4-21,34-35,37,42,59,67,72H,22-33,36H2,1-3H3,(H,65,66)/t42-/m1/s1. The number of ether oxygens (including phenoxy) is 1. The minimum atomic E-state index is -5.78. The highest BCUT2D eigenvalue weighted by atomic mass is 35.5. The van der Waals surface area contributed by atoms with Gasteiger partial charge in [0, 0.05) is 117 Å². The predicted octanol–water partition coefficient (Wildman–Crippen LogP) is 11.2. The number of sulfone groups is 1. The number of piperazine rings is 1. The van der Waals surface area contributed by atoms with E-state index >= 15 is 0 Å². The molecule has 20 heteroatoms. The number of carbonyl (C=O) groups is 1. The molecule has 1 aromatic heterocycles. The Labute approximate surface area is 441 Å². The van der Waals surface area contributed by atoms with E-state index in [9.17, 15) is 36.7 Å². The Bertz CT molecular complexity index is 2960. The van der Waals surface area contributed by atoms with Crippen LogP contribution in [-0.4, -0.2) is 124 Å². The van der Waals surface area contributed by atoms with Crippen molar-refractivity contribution in [2.45, 2.75) is 54.6 Å². The van der Waals surface area contributed by atoms with E-state index in [0.29, 0.717) is 85.4 Å². The summed E-state index contributed by atoms with van der Waals surface area (Å²) >= 11 is 7.82. The molecule has 0 aliphatic carbocycles. The molecule has 8 rings (SSSR count). The van der Waals surface area contributed by atoms with Crippen molar-refractivity contribution in [1.82, 2.24) is 9.47 Å². The van der Waals surface area contributed by atoms with Crippen LogP contribution >= 0.6 is 32.1 Å². The lowest BCUT2D eigenvalue weighted by atomic mass is 9.96. The van der Waals surface area contributed by atoms with Gasteiger partial charge in [-0.25, -0.2) is 18.1 Å². The van der Waals surface area contributed by atoms with Crippen LogP contribution in [0.4, 0.5) is 35.9 Å². The number of anilines is 4. The van der Waals surface area contributed by atoms with Gasteiger partial charge < -0.3 is 34.2 Å². The molecule has 2 fully saturated rings. The van der Waals surface area contributed by atoms with Crippen LogP contribution in [0.15, 0.2) is 131 Å². The first-order valence-corrected chi connectivity index (χ1v) is 28.3. The van der Waals surface area contributed by atoms with E-state index in [2.05, 4.69) is 35.5 Å². The van der Waals surface area contributed by atoms with Crippen LogP contribution in [0.1, 0.15) is 42.4 Å². The lowest BCUT2D eigenvalue weighted by Gasteiger charge is -2.37. The number of hydrogen-bond acceptors (Lipinski definition) is 12. The molecule has 1 unspecified atom stereocenters. The fourth-order valence-corrected chi connectivity index (χ4v) is 12.9. The molecule has 2 saturated heterocycles. The van der Waals surface area contributed by atoms with Crippen LogP contribution in [0.2, 0.25) is 5.02 Å². The SMILES string of the molecule is Cc1c(C(=O)O)c(-c2cccc(N3CCN(c4ccc(N(CCOO)Pc5ccc(N[C@H](CCN6CCOCC6)CSc6ccccc6)c(S(=O)(=O)C(F)(F)F)c5)cc4)CC3)c2)c(-c2ccc(Cl)cc2)n1C(C)C. The molecule has 0 amide bonds. The van der Waals surface area contributed by atoms with Crippen LogP contribution < -0.4 is 25.1 Å². The van der Waals surface area contributed by atoms with E-state index in [4.69, 9.17) is 16.3 Å². The van der Waals surface area contributed by atoms with Gasteiger partial charge in [0.2, 0.25) is 0 Å². The third kappa shape index (κ3) is 13.0.